The summed E-state index contributed by atoms with van der Waals surface area (Å²) in [6.07, 6.45) is 6.59. The summed E-state index contributed by atoms with van der Waals surface area (Å²) in [5.74, 6) is 0.962. The fourth-order valence-electron chi connectivity index (χ4n) is 3.77. The van der Waals surface area contributed by atoms with Crippen LogP contribution in [0.3, 0.4) is 0 Å². The van der Waals surface area contributed by atoms with Gasteiger partial charge in [-0.25, -0.2) is 0 Å². The minimum Gasteiger partial charge on any atom is -0.350 e. The average Bonchev–Trinajstić information content (AvgIpc) is 3.30. The van der Waals surface area contributed by atoms with Gasteiger partial charge >= 0.3 is 0 Å². The van der Waals surface area contributed by atoms with Crippen molar-refractivity contribution >= 4 is 10.9 Å². The van der Waals surface area contributed by atoms with Gasteiger partial charge < -0.3 is 9.88 Å². The largest absolute Gasteiger partial charge is 0.350 e. The molecule has 4 rings (SSSR count). The van der Waals surface area contributed by atoms with Crippen LogP contribution in [-0.4, -0.2) is 35.6 Å². The zero-order valence-corrected chi connectivity index (χ0v) is 12.9. The van der Waals surface area contributed by atoms with Gasteiger partial charge in [-0.15, -0.1) is 0 Å². The van der Waals surface area contributed by atoms with E-state index in [0.717, 1.165) is 19.0 Å². The summed E-state index contributed by atoms with van der Waals surface area (Å²) in [5, 5.41) is 4.93. The number of hydrogen-bond donors (Lipinski definition) is 1. The first-order valence-electron chi connectivity index (χ1n) is 8.31. The van der Waals surface area contributed by atoms with E-state index in [9.17, 15) is 0 Å². The second-order valence-electron chi connectivity index (χ2n) is 6.69. The minimum atomic E-state index is 0.602. The fourth-order valence-corrected chi connectivity index (χ4v) is 3.77. The Bertz CT molecular complexity index is 620. The van der Waals surface area contributed by atoms with Gasteiger partial charge in [-0.05, 0) is 24.0 Å². The molecule has 1 aliphatic carbocycles. The zero-order chi connectivity index (χ0) is 14.2. The highest BCUT2D eigenvalue weighted by Crippen LogP contribution is 2.42. The van der Waals surface area contributed by atoms with E-state index < -0.39 is 0 Å². The second-order valence-corrected chi connectivity index (χ2v) is 6.69. The molecule has 0 bridgehead atoms. The molecule has 1 saturated carbocycles. The summed E-state index contributed by atoms with van der Waals surface area (Å²) in [7, 11) is 2.18. The van der Waals surface area contributed by atoms with Crippen LogP contribution in [-0.2, 0) is 7.05 Å². The molecular weight excluding hydrogens is 258 g/mol. The molecule has 112 valence electrons. The van der Waals surface area contributed by atoms with Gasteiger partial charge in [0.05, 0.1) is 0 Å². The molecule has 0 amide bonds. The van der Waals surface area contributed by atoms with Gasteiger partial charge in [-0.3, -0.25) is 4.90 Å². The van der Waals surface area contributed by atoms with E-state index >= 15 is 0 Å². The third-order valence-corrected chi connectivity index (χ3v) is 5.13. The first kappa shape index (κ1) is 13.4. The molecule has 0 unspecified atom stereocenters. The van der Waals surface area contributed by atoms with Crippen LogP contribution in [0.2, 0.25) is 0 Å². The molecule has 1 atom stereocenters. The molecule has 1 aromatic heterocycles. The van der Waals surface area contributed by atoms with Crippen molar-refractivity contribution in [2.24, 2.45) is 13.0 Å². The number of fused-ring (bicyclic) bond motifs is 1. The Hall–Kier alpha value is -1.32. The summed E-state index contributed by atoms with van der Waals surface area (Å²) < 4.78 is 2.30. The monoisotopic (exact) mass is 283 g/mol. The maximum absolute atomic E-state index is 3.49. The SMILES string of the molecule is Cn1cc([C@H](CC2CC2)N2CCNCC2)c2ccccc21. The number of nitrogens with one attached hydrogen (secondary N) is 1. The lowest BCUT2D eigenvalue weighted by Gasteiger charge is -2.35. The Morgan fingerprint density at radius 3 is 2.71 bits per heavy atom. The van der Waals surface area contributed by atoms with E-state index in [-0.39, 0.29) is 0 Å². The van der Waals surface area contributed by atoms with Crippen molar-refractivity contribution in [3.63, 3.8) is 0 Å². The highest BCUT2D eigenvalue weighted by Gasteiger charge is 2.31. The molecule has 0 spiro atoms. The normalized spacial score (nSPS) is 21.8. The van der Waals surface area contributed by atoms with Crippen molar-refractivity contribution in [3.05, 3.63) is 36.0 Å². The summed E-state index contributed by atoms with van der Waals surface area (Å²) in [4.78, 5) is 2.70. The molecule has 2 fully saturated rings. The Labute approximate surface area is 126 Å². The van der Waals surface area contributed by atoms with Crippen LogP contribution >= 0.6 is 0 Å². The van der Waals surface area contributed by atoms with Crippen molar-refractivity contribution in [2.75, 3.05) is 26.2 Å². The van der Waals surface area contributed by atoms with Gasteiger partial charge in [0, 0.05) is 56.4 Å². The van der Waals surface area contributed by atoms with Crippen LogP contribution < -0.4 is 5.32 Å². The fraction of sp³-hybridized carbons (Fsp3) is 0.556. The molecule has 1 N–H and O–H groups in total. The molecule has 2 aromatic rings. The number of nitrogens with zero attached hydrogens (tertiary/aromatic N) is 2. The topological polar surface area (TPSA) is 20.2 Å². The van der Waals surface area contributed by atoms with Crippen molar-refractivity contribution in [1.82, 2.24) is 14.8 Å². The van der Waals surface area contributed by atoms with Crippen LogP contribution in [0.4, 0.5) is 0 Å². The number of benzene rings is 1. The van der Waals surface area contributed by atoms with E-state index in [4.69, 9.17) is 0 Å². The lowest BCUT2D eigenvalue weighted by molar-refractivity contribution is 0.161. The van der Waals surface area contributed by atoms with Crippen LogP contribution in [0.15, 0.2) is 30.5 Å². The van der Waals surface area contributed by atoms with Crippen LogP contribution in [0.25, 0.3) is 10.9 Å². The highest BCUT2D eigenvalue weighted by molar-refractivity contribution is 5.84. The lowest BCUT2D eigenvalue weighted by atomic mass is 9.98. The van der Waals surface area contributed by atoms with Crippen LogP contribution in [0, 0.1) is 5.92 Å². The Morgan fingerprint density at radius 2 is 1.95 bits per heavy atom. The zero-order valence-electron chi connectivity index (χ0n) is 12.9. The van der Waals surface area contributed by atoms with Gasteiger partial charge in [0.15, 0.2) is 0 Å². The van der Waals surface area contributed by atoms with Gasteiger partial charge in [0.2, 0.25) is 0 Å². The maximum atomic E-state index is 3.49. The van der Waals surface area contributed by atoms with Crippen molar-refractivity contribution in [1.29, 1.82) is 0 Å². The smallest absolute Gasteiger partial charge is 0.0481 e. The first-order valence-corrected chi connectivity index (χ1v) is 8.31. The average molecular weight is 283 g/mol. The standard InChI is InChI=1S/C18H25N3/c1-20-13-16(15-4-2-3-5-17(15)20)18(12-14-6-7-14)21-10-8-19-9-11-21/h2-5,13-14,18-19H,6-12H2,1H3/t18-/m0/s1. The van der Waals surface area contributed by atoms with E-state index in [2.05, 4.69) is 52.3 Å². The molecule has 0 radical (unpaired) electrons. The van der Waals surface area contributed by atoms with Crippen LogP contribution in [0.5, 0.6) is 0 Å². The van der Waals surface area contributed by atoms with E-state index in [0.29, 0.717) is 6.04 Å². The number of aromatic nitrogens is 1. The maximum Gasteiger partial charge on any atom is 0.0481 e. The van der Waals surface area contributed by atoms with Crippen LogP contribution in [0.1, 0.15) is 30.9 Å². The minimum absolute atomic E-state index is 0.602. The summed E-state index contributed by atoms with van der Waals surface area (Å²) in [6.45, 7) is 4.62. The molecule has 21 heavy (non-hydrogen) atoms. The first-order chi connectivity index (χ1) is 10.3. The third-order valence-electron chi connectivity index (χ3n) is 5.13. The molecule has 3 heteroatoms. The molecule has 2 heterocycles. The third kappa shape index (κ3) is 2.60. The molecule has 2 aliphatic rings. The quantitative estimate of drug-likeness (QED) is 0.931. The molecule has 3 nitrogen and oxygen atoms in total. The van der Waals surface area contributed by atoms with E-state index in [1.807, 2.05) is 0 Å². The van der Waals surface area contributed by atoms with Crippen molar-refractivity contribution in [2.45, 2.75) is 25.3 Å². The van der Waals surface area contributed by atoms with Crippen molar-refractivity contribution in [3.8, 4) is 0 Å². The number of para-hydroxylation sites is 1. The Kier molecular flexibility index (Phi) is 3.48. The predicted octanol–water partition coefficient (Wildman–Crippen LogP) is 2.92. The lowest BCUT2D eigenvalue weighted by Crippen LogP contribution is -2.45. The number of hydrogen-bond acceptors (Lipinski definition) is 2. The number of rotatable bonds is 4. The summed E-state index contributed by atoms with van der Waals surface area (Å²) in [5.41, 5.74) is 2.91. The van der Waals surface area contributed by atoms with E-state index in [1.165, 1.54) is 43.3 Å². The summed E-state index contributed by atoms with van der Waals surface area (Å²) in [6, 6.07) is 9.47. The molecule has 1 aliphatic heterocycles. The molecule has 1 aromatic carbocycles. The van der Waals surface area contributed by atoms with Gasteiger partial charge in [-0.1, -0.05) is 31.0 Å². The molecular formula is C18H25N3. The van der Waals surface area contributed by atoms with Crippen molar-refractivity contribution < 1.29 is 0 Å². The Balaban J connectivity index is 1.73. The predicted molar refractivity (Wildman–Crippen MR) is 87.4 cm³/mol. The van der Waals surface area contributed by atoms with Gasteiger partial charge in [-0.2, -0.15) is 0 Å². The molecule has 1 saturated heterocycles. The second kappa shape index (κ2) is 5.47. The van der Waals surface area contributed by atoms with Gasteiger partial charge in [0.1, 0.15) is 0 Å². The summed E-state index contributed by atoms with van der Waals surface area (Å²) >= 11 is 0. The van der Waals surface area contributed by atoms with Gasteiger partial charge in [0.25, 0.3) is 0 Å². The highest BCUT2D eigenvalue weighted by atomic mass is 15.2. The number of piperazine rings is 1. The Morgan fingerprint density at radius 1 is 1.19 bits per heavy atom. The number of aryl methyl sites for hydroxylation is 1. The van der Waals surface area contributed by atoms with E-state index in [1.54, 1.807) is 5.56 Å².